The summed E-state index contributed by atoms with van der Waals surface area (Å²) in [6, 6.07) is 3.85. The molecule has 0 spiro atoms. The summed E-state index contributed by atoms with van der Waals surface area (Å²) in [4.78, 5) is 0. The van der Waals surface area contributed by atoms with Crippen LogP contribution < -0.4 is 5.32 Å². The Hall–Kier alpha value is -1.42. The molecule has 1 unspecified atom stereocenters. The minimum Gasteiger partial charge on any atom is -0.456 e. The van der Waals surface area contributed by atoms with E-state index in [9.17, 15) is 8.78 Å². The van der Waals surface area contributed by atoms with Crippen LogP contribution in [0.15, 0.2) is 22.6 Å². The van der Waals surface area contributed by atoms with Crippen molar-refractivity contribution in [3.63, 3.8) is 0 Å². The summed E-state index contributed by atoms with van der Waals surface area (Å²) in [6.07, 6.45) is 0.831. The number of fused-ring (bicyclic) bond motifs is 1. The lowest BCUT2D eigenvalue weighted by Crippen LogP contribution is -2.19. The number of hydrogen-bond donors (Lipinski definition) is 1. The average Bonchev–Trinajstić information content (AvgIpc) is 2.69. The van der Waals surface area contributed by atoms with Gasteiger partial charge in [-0.05, 0) is 25.1 Å². The van der Waals surface area contributed by atoms with E-state index in [2.05, 4.69) is 5.32 Å². The Labute approximate surface area is 98.6 Å². The van der Waals surface area contributed by atoms with Gasteiger partial charge in [-0.2, -0.15) is 0 Å². The molecule has 92 valence electrons. The molecular formula is C13H15F2NO. The van der Waals surface area contributed by atoms with Crippen LogP contribution in [0.5, 0.6) is 0 Å². The maximum Gasteiger partial charge on any atom is 0.170 e. The molecule has 1 aromatic heterocycles. The third-order valence-corrected chi connectivity index (χ3v) is 2.76. The van der Waals surface area contributed by atoms with Gasteiger partial charge in [0.1, 0.15) is 11.6 Å². The molecule has 4 heteroatoms. The molecule has 0 bridgehead atoms. The van der Waals surface area contributed by atoms with E-state index in [-0.39, 0.29) is 11.6 Å². The van der Waals surface area contributed by atoms with Crippen molar-refractivity contribution in [3.05, 3.63) is 35.6 Å². The number of halogens is 2. The molecule has 2 aromatic rings. The summed E-state index contributed by atoms with van der Waals surface area (Å²) >= 11 is 0. The average molecular weight is 239 g/mol. The first-order valence-corrected chi connectivity index (χ1v) is 5.77. The first-order valence-electron chi connectivity index (χ1n) is 5.77. The van der Waals surface area contributed by atoms with Crippen molar-refractivity contribution in [2.45, 2.75) is 26.3 Å². The van der Waals surface area contributed by atoms with Crippen molar-refractivity contribution in [2.24, 2.45) is 0 Å². The second-order valence-electron chi connectivity index (χ2n) is 3.97. The van der Waals surface area contributed by atoms with Crippen molar-refractivity contribution in [3.8, 4) is 0 Å². The Morgan fingerprint density at radius 3 is 2.65 bits per heavy atom. The highest BCUT2D eigenvalue weighted by molar-refractivity contribution is 5.78. The van der Waals surface area contributed by atoms with Crippen LogP contribution in [0.3, 0.4) is 0 Å². The number of benzene rings is 1. The van der Waals surface area contributed by atoms with E-state index in [1.54, 1.807) is 6.07 Å². The molecule has 0 aliphatic heterocycles. The molecule has 0 aliphatic rings. The maximum absolute atomic E-state index is 13.5. The topological polar surface area (TPSA) is 25.2 Å². The molecule has 2 nitrogen and oxygen atoms in total. The van der Waals surface area contributed by atoms with E-state index >= 15 is 0 Å². The van der Waals surface area contributed by atoms with Gasteiger partial charge in [-0.3, -0.25) is 0 Å². The van der Waals surface area contributed by atoms with Gasteiger partial charge >= 0.3 is 0 Å². The Kier molecular flexibility index (Phi) is 3.43. The number of furan rings is 1. The fraction of sp³-hybridized carbons (Fsp3) is 0.385. The van der Waals surface area contributed by atoms with Crippen LogP contribution in [-0.4, -0.2) is 6.54 Å². The summed E-state index contributed by atoms with van der Waals surface area (Å²) in [6.45, 7) is 4.80. The number of hydrogen-bond acceptors (Lipinski definition) is 2. The summed E-state index contributed by atoms with van der Waals surface area (Å²) in [5.74, 6) is -0.592. The van der Waals surface area contributed by atoms with Gasteiger partial charge in [0.2, 0.25) is 0 Å². The predicted octanol–water partition coefficient (Wildman–Crippen LogP) is 3.77. The van der Waals surface area contributed by atoms with Crippen molar-refractivity contribution in [2.75, 3.05) is 6.54 Å². The zero-order valence-electron chi connectivity index (χ0n) is 9.89. The monoisotopic (exact) mass is 239 g/mol. The van der Waals surface area contributed by atoms with Gasteiger partial charge in [0, 0.05) is 11.5 Å². The zero-order valence-corrected chi connectivity index (χ0v) is 9.89. The van der Waals surface area contributed by atoms with Crippen LogP contribution in [-0.2, 0) is 0 Å². The fourth-order valence-corrected chi connectivity index (χ4v) is 1.96. The molecular weight excluding hydrogens is 224 g/mol. The zero-order chi connectivity index (χ0) is 12.4. The lowest BCUT2D eigenvalue weighted by Gasteiger charge is -2.11. The SMILES string of the molecule is CCNC(CC)c1cc2cc(F)cc(F)c2o1. The molecule has 1 heterocycles. The minimum absolute atomic E-state index is 0.0369. The molecule has 0 amide bonds. The molecule has 0 saturated carbocycles. The van der Waals surface area contributed by atoms with Crippen LogP contribution in [0, 0.1) is 11.6 Å². The van der Waals surface area contributed by atoms with Gasteiger partial charge < -0.3 is 9.73 Å². The van der Waals surface area contributed by atoms with Crippen molar-refractivity contribution in [1.82, 2.24) is 5.32 Å². The van der Waals surface area contributed by atoms with Gasteiger partial charge in [0.15, 0.2) is 11.4 Å². The van der Waals surface area contributed by atoms with Gasteiger partial charge in [-0.1, -0.05) is 13.8 Å². The molecule has 1 aromatic carbocycles. The van der Waals surface area contributed by atoms with Gasteiger partial charge in [0.05, 0.1) is 6.04 Å². The minimum atomic E-state index is -0.655. The largest absolute Gasteiger partial charge is 0.456 e. The van der Waals surface area contributed by atoms with Crippen molar-refractivity contribution >= 4 is 11.0 Å². The highest BCUT2D eigenvalue weighted by atomic mass is 19.1. The summed E-state index contributed by atoms with van der Waals surface area (Å²) in [7, 11) is 0. The van der Waals surface area contributed by atoms with Crippen LogP contribution >= 0.6 is 0 Å². The smallest absolute Gasteiger partial charge is 0.170 e. The summed E-state index contributed by atoms with van der Waals surface area (Å²) in [5, 5.41) is 3.70. The number of nitrogens with one attached hydrogen (secondary N) is 1. The molecule has 17 heavy (non-hydrogen) atoms. The Balaban J connectivity index is 2.46. The standard InChI is InChI=1S/C13H15F2NO/c1-3-11(16-4-2)12-6-8-5-9(14)7-10(15)13(8)17-12/h5-7,11,16H,3-4H2,1-2H3. The maximum atomic E-state index is 13.5. The summed E-state index contributed by atoms with van der Waals surface area (Å²) in [5.41, 5.74) is 0.123. The first kappa shape index (κ1) is 12.0. The quantitative estimate of drug-likeness (QED) is 0.878. The van der Waals surface area contributed by atoms with E-state index in [1.807, 2.05) is 13.8 Å². The second kappa shape index (κ2) is 4.84. The van der Waals surface area contributed by atoms with E-state index < -0.39 is 11.6 Å². The highest BCUT2D eigenvalue weighted by Gasteiger charge is 2.16. The Bertz CT molecular complexity index is 521. The van der Waals surface area contributed by atoms with Gasteiger partial charge in [-0.15, -0.1) is 0 Å². The molecule has 1 N–H and O–H groups in total. The van der Waals surface area contributed by atoms with E-state index in [1.165, 1.54) is 6.07 Å². The van der Waals surface area contributed by atoms with Crippen molar-refractivity contribution < 1.29 is 13.2 Å². The normalized spacial score (nSPS) is 13.2. The third kappa shape index (κ3) is 2.31. The fourth-order valence-electron chi connectivity index (χ4n) is 1.96. The van der Waals surface area contributed by atoms with E-state index in [0.717, 1.165) is 19.0 Å². The molecule has 2 rings (SSSR count). The van der Waals surface area contributed by atoms with E-state index in [4.69, 9.17) is 4.42 Å². The summed E-state index contributed by atoms with van der Waals surface area (Å²) < 4.78 is 32.0. The molecule has 1 atom stereocenters. The lowest BCUT2D eigenvalue weighted by molar-refractivity contribution is 0.421. The first-order chi connectivity index (χ1) is 8.15. The molecule has 0 aliphatic carbocycles. The van der Waals surface area contributed by atoms with Crippen LogP contribution in [0.25, 0.3) is 11.0 Å². The van der Waals surface area contributed by atoms with Gasteiger partial charge in [0.25, 0.3) is 0 Å². The van der Waals surface area contributed by atoms with E-state index in [0.29, 0.717) is 11.1 Å². The lowest BCUT2D eigenvalue weighted by atomic mass is 10.1. The second-order valence-corrected chi connectivity index (χ2v) is 3.97. The third-order valence-electron chi connectivity index (χ3n) is 2.76. The number of rotatable bonds is 4. The van der Waals surface area contributed by atoms with Crippen LogP contribution in [0.1, 0.15) is 32.1 Å². The van der Waals surface area contributed by atoms with Crippen LogP contribution in [0.2, 0.25) is 0 Å². The highest BCUT2D eigenvalue weighted by Crippen LogP contribution is 2.28. The predicted molar refractivity (Wildman–Crippen MR) is 62.8 cm³/mol. The Morgan fingerprint density at radius 1 is 1.24 bits per heavy atom. The van der Waals surface area contributed by atoms with Gasteiger partial charge in [-0.25, -0.2) is 8.78 Å². The molecule has 0 fully saturated rings. The molecule has 0 saturated heterocycles. The van der Waals surface area contributed by atoms with Crippen LogP contribution in [0.4, 0.5) is 8.78 Å². The Morgan fingerprint density at radius 2 is 2.00 bits per heavy atom. The van der Waals surface area contributed by atoms with Crippen molar-refractivity contribution in [1.29, 1.82) is 0 Å². The molecule has 0 radical (unpaired) electrons.